The van der Waals surface area contributed by atoms with Crippen LogP contribution in [0.3, 0.4) is 0 Å². The lowest BCUT2D eigenvalue weighted by Gasteiger charge is -2.22. The van der Waals surface area contributed by atoms with E-state index in [1.807, 2.05) is 25.2 Å². The summed E-state index contributed by atoms with van der Waals surface area (Å²) in [5.41, 5.74) is 8.89. The van der Waals surface area contributed by atoms with Crippen LogP contribution in [0.15, 0.2) is 41.2 Å². The molecule has 0 fully saturated rings. The van der Waals surface area contributed by atoms with Gasteiger partial charge >= 0.3 is 0 Å². The predicted octanol–water partition coefficient (Wildman–Crippen LogP) is 3.18. The molecule has 0 spiro atoms. The second-order valence-corrected chi connectivity index (χ2v) is 7.51. The van der Waals surface area contributed by atoms with Gasteiger partial charge < -0.3 is 25.5 Å². The lowest BCUT2D eigenvalue weighted by Crippen LogP contribution is -2.30. The van der Waals surface area contributed by atoms with E-state index < -0.39 is 11.4 Å². The Morgan fingerprint density at radius 3 is 2.67 bits per heavy atom. The van der Waals surface area contributed by atoms with E-state index in [0.717, 1.165) is 30.8 Å². The van der Waals surface area contributed by atoms with Crippen LogP contribution in [0.4, 0.5) is 15.8 Å². The minimum absolute atomic E-state index is 0.0749. The molecular formula is C22H25FN6O. The molecule has 2 heterocycles. The molecule has 0 saturated heterocycles. The van der Waals surface area contributed by atoms with Crippen LogP contribution in [0.1, 0.15) is 6.92 Å². The fourth-order valence-corrected chi connectivity index (χ4v) is 3.53. The van der Waals surface area contributed by atoms with E-state index in [1.54, 1.807) is 6.07 Å². The number of anilines is 2. The molecule has 7 nitrogen and oxygen atoms in total. The molecule has 4 rings (SSSR count). The van der Waals surface area contributed by atoms with Gasteiger partial charge in [-0.3, -0.25) is 4.79 Å². The van der Waals surface area contributed by atoms with Crippen molar-refractivity contribution in [1.82, 2.24) is 19.9 Å². The molecule has 0 amide bonds. The zero-order valence-corrected chi connectivity index (χ0v) is 17.3. The third-order valence-electron chi connectivity index (χ3n) is 5.53. The van der Waals surface area contributed by atoms with E-state index in [-0.39, 0.29) is 16.6 Å². The van der Waals surface area contributed by atoms with Gasteiger partial charge in [-0.25, -0.2) is 9.37 Å². The predicted molar refractivity (Wildman–Crippen MR) is 120 cm³/mol. The van der Waals surface area contributed by atoms with E-state index in [2.05, 4.69) is 38.7 Å². The number of aromatic nitrogens is 3. The lowest BCUT2D eigenvalue weighted by atomic mass is 10.1. The summed E-state index contributed by atoms with van der Waals surface area (Å²) in [6, 6.07) is 10.4. The third kappa shape index (κ3) is 3.50. The van der Waals surface area contributed by atoms with Crippen molar-refractivity contribution in [3.63, 3.8) is 0 Å². The highest BCUT2D eigenvalue weighted by Gasteiger charge is 2.18. The van der Waals surface area contributed by atoms with E-state index in [9.17, 15) is 9.18 Å². The van der Waals surface area contributed by atoms with Crippen LogP contribution in [-0.2, 0) is 0 Å². The molecule has 2 aromatic carbocycles. The van der Waals surface area contributed by atoms with Gasteiger partial charge in [0.25, 0.3) is 5.56 Å². The van der Waals surface area contributed by atoms with E-state index in [1.165, 1.54) is 12.1 Å². The summed E-state index contributed by atoms with van der Waals surface area (Å²) in [6.45, 7) is 4.96. The van der Waals surface area contributed by atoms with Crippen LogP contribution in [0.5, 0.6) is 0 Å². The second kappa shape index (κ2) is 7.79. The van der Waals surface area contributed by atoms with Crippen LogP contribution in [-0.4, -0.2) is 53.6 Å². The number of imidazole rings is 1. The number of hydrogen-bond donors (Lipinski definition) is 3. The van der Waals surface area contributed by atoms with Gasteiger partial charge in [-0.05, 0) is 43.9 Å². The number of nitrogen functional groups attached to an aromatic ring is 1. The highest BCUT2D eigenvalue weighted by atomic mass is 19.1. The Hall–Kier alpha value is -3.39. The number of aromatic amines is 2. The molecular weight excluding hydrogens is 383 g/mol. The van der Waals surface area contributed by atoms with Crippen molar-refractivity contribution < 1.29 is 4.39 Å². The first-order valence-electron chi connectivity index (χ1n) is 9.88. The van der Waals surface area contributed by atoms with Crippen molar-refractivity contribution in [2.24, 2.45) is 0 Å². The number of fused-ring (bicyclic) bond motifs is 2. The Balaban J connectivity index is 1.74. The topological polar surface area (TPSA) is 94.0 Å². The number of nitrogens with one attached hydrogen (secondary N) is 2. The van der Waals surface area contributed by atoms with Gasteiger partial charge in [-0.15, -0.1) is 0 Å². The van der Waals surface area contributed by atoms with E-state index in [0.29, 0.717) is 16.9 Å². The number of benzene rings is 2. The summed E-state index contributed by atoms with van der Waals surface area (Å²) in [5.74, 6) is -0.168. The molecule has 30 heavy (non-hydrogen) atoms. The number of likely N-dealkylation sites (N-methyl/N-ethyl adjacent to an activating group) is 2. The van der Waals surface area contributed by atoms with Crippen molar-refractivity contribution in [2.75, 3.05) is 44.4 Å². The van der Waals surface area contributed by atoms with Crippen molar-refractivity contribution in [3.8, 4) is 11.4 Å². The molecule has 156 valence electrons. The summed E-state index contributed by atoms with van der Waals surface area (Å²) in [4.78, 5) is 27.5. The van der Waals surface area contributed by atoms with Crippen LogP contribution in [0.2, 0.25) is 0 Å². The molecule has 4 N–H and O–H groups in total. The van der Waals surface area contributed by atoms with Crippen LogP contribution in [0.25, 0.3) is 33.3 Å². The van der Waals surface area contributed by atoms with Gasteiger partial charge in [0.05, 0.1) is 27.6 Å². The summed E-state index contributed by atoms with van der Waals surface area (Å²) < 4.78 is 14.3. The average molecular weight is 408 g/mol. The molecule has 0 bridgehead atoms. The Labute approximate surface area is 173 Å². The second-order valence-electron chi connectivity index (χ2n) is 7.51. The summed E-state index contributed by atoms with van der Waals surface area (Å²) >= 11 is 0. The van der Waals surface area contributed by atoms with E-state index in [4.69, 9.17) is 5.73 Å². The van der Waals surface area contributed by atoms with Gasteiger partial charge in [-0.1, -0.05) is 13.0 Å². The molecule has 0 aliphatic carbocycles. The highest BCUT2D eigenvalue weighted by molar-refractivity contribution is 5.98. The number of H-pyrrole nitrogens is 2. The molecule has 0 saturated carbocycles. The first kappa shape index (κ1) is 19.9. The number of hydrogen-bond acceptors (Lipinski definition) is 5. The zero-order valence-electron chi connectivity index (χ0n) is 17.3. The van der Waals surface area contributed by atoms with Gasteiger partial charge in [0, 0.05) is 25.8 Å². The molecule has 0 atom stereocenters. The van der Waals surface area contributed by atoms with Crippen molar-refractivity contribution >= 4 is 33.3 Å². The van der Waals surface area contributed by atoms with Crippen LogP contribution >= 0.6 is 0 Å². The van der Waals surface area contributed by atoms with Gasteiger partial charge in [0.2, 0.25) is 0 Å². The standard InChI is InChI=1S/C22H25FN6O/c1-4-28(2)10-11-29(3)13-8-9-15-17(12-13)26-21(25-15)19-20(24)18-14(23)6-5-7-16(18)27-22(19)30/h5-9,12H,4,10-11H2,1-3H3,(H,25,26)(H3,24,27,30). The monoisotopic (exact) mass is 408 g/mol. The Kier molecular flexibility index (Phi) is 5.17. The first-order chi connectivity index (χ1) is 14.4. The highest BCUT2D eigenvalue weighted by Crippen LogP contribution is 2.30. The van der Waals surface area contributed by atoms with Crippen LogP contribution < -0.4 is 16.2 Å². The Morgan fingerprint density at radius 1 is 1.10 bits per heavy atom. The molecule has 2 aromatic heterocycles. The fourth-order valence-electron chi connectivity index (χ4n) is 3.53. The van der Waals surface area contributed by atoms with Crippen molar-refractivity contribution in [3.05, 3.63) is 52.6 Å². The van der Waals surface area contributed by atoms with Gasteiger partial charge in [0.15, 0.2) is 0 Å². The number of nitrogens with two attached hydrogens (primary N) is 1. The minimum atomic E-state index is -0.487. The number of nitrogens with zero attached hydrogens (tertiary/aromatic N) is 3. The fraction of sp³-hybridized carbons (Fsp3) is 0.273. The smallest absolute Gasteiger partial charge is 0.261 e. The normalized spacial score (nSPS) is 11.6. The Bertz CT molecular complexity index is 1280. The molecule has 4 aromatic rings. The third-order valence-corrected chi connectivity index (χ3v) is 5.53. The summed E-state index contributed by atoms with van der Waals surface area (Å²) in [5, 5.41) is 0.188. The minimum Gasteiger partial charge on any atom is -0.397 e. The Morgan fingerprint density at radius 2 is 1.90 bits per heavy atom. The van der Waals surface area contributed by atoms with Gasteiger partial charge in [-0.2, -0.15) is 0 Å². The van der Waals surface area contributed by atoms with Crippen molar-refractivity contribution in [2.45, 2.75) is 6.92 Å². The van der Waals surface area contributed by atoms with Gasteiger partial charge in [0.1, 0.15) is 17.2 Å². The van der Waals surface area contributed by atoms with Crippen LogP contribution in [0, 0.1) is 5.82 Å². The zero-order chi connectivity index (χ0) is 21.4. The number of halogens is 1. The average Bonchev–Trinajstić information content (AvgIpc) is 3.14. The largest absolute Gasteiger partial charge is 0.397 e. The molecule has 0 radical (unpaired) electrons. The molecule has 8 heteroatoms. The molecule has 0 unspecified atom stereocenters. The molecule has 0 aliphatic heterocycles. The summed E-state index contributed by atoms with van der Waals surface area (Å²) in [7, 11) is 4.13. The maximum atomic E-state index is 14.3. The first-order valence-corrected chi connectivity index (χ1v) is 9.88. The maximum absolute atomic E-state index is 14.3. The van der Waals surface area contributed by atoms with E-state index >= 15 is 0 Å². The molecule has 0 aliphatic rings. The SMILES string of the molecule is CCN(C)CCN(C)c1ccc2nc(-c3c(N)c4c(F)cccc4[nH]c3=O)[nH]c2c1. The number of pyridine rings is 1. The maximum Gasteiger partial charge on any atom is 0.261 e. The lowest BCUT2D eigenvalue weighted by molar-refractivity contribution is 0.360. The quantitative estimate of drug-likeness (QED) is 0.456. The summed E-state index contributed by atoms with van der Waals surface area (Å²) in [6.07, 6.45) is 0. The van der Waals surface area contributed by atoms with Crippen molar-refractivity contribution in [1.29, 1.82) is 0 Å². The number of rotatable bonds is 6.